The van der Waals surface area contributed by atoms with Gasteiger partial charge in [0.1, 0.15) is 0 Å². The van der Waals surface area contributed by atoms with Crippen molar-refractivity contribution >= 4 is 5.69 Å². The Balaban J connectivity index is 1.95. The molecule has 0 saturated carbocycles. The highest BCUT2D eigenvalue weighted by molar-refractivity contribution is 5.32. The topological polar surface area (TPSA) is 66.6 Å². The van der Waals surface area contributed by atoms with Gasteiger partial charge in [0.15, 0.2) is 0 Å². The third-order valence-electron chi connectivity index (χ3n) is 2.49. The number of rotatable bonds is 3. The lowest BCUT2D eigenvalue weighted by Gasteiger charge is -2.35. The van der Waals surface area contributed by atoms with Crippen molar-refractivity contribution in [3.63, 3.8) is 0 Å². The van der Waals surface area contributed by atoms with Gasteiger partial charge in [-0.05, 0) is 5.56 Å². The largest absolute Gasteiger partial charge is 0.390 e. The van der Waals surface area contributed by atoms with Crippen LogP contribution in [0.15, 0.2) is 24.3 Å². The van der Waals surface area contributed by atoms with Crippen molar-refractivity contribution in [1.82, 2.24) is 4.90 Å². The minimum absolute atomic E-state index is 0.113. The van der Waals surface area contributed by atoms with E-state index in [4.69, 9.17) is 5.11 Å². The van der Waals surface area contributed by atoms with Crippen LogP contribution in [0.5, 0.6) is 0 Å². The molecule has 80 valence electrons. The first-order valence-corrected chi connectivity index (χ1v) is 4.79. The molecule has 1 aliphatic heterocycles. The zero-order chi connectivity index (χ0) is 10.8. The number of β-amino-alcohol motifs (C(OH)–C–C–N with tert-alkyl or cyclic N) is 1. The summed E-state index contributed by atoms with van der Waals surface area (Å²) in [6.07, 6.45) is -0.206. The highest BCUT2D eigenvalue weighted by Gasteiger charge is 2.23. The molecule has 1 aromatic rings. The van der Waals surface area contributed by atoms with E-state index in [1.54, 1.807) is 12.1 Å². The first-order chi connectivity index (χ1) is 7.15. The first kappa shape index (κ1) is 10.1. The fourth-order valence-corrected chi connectivity index (χ4v) is 1.65. The monoisotopic (exact) mass is 208 g/mol. The van der Waals surface area contributed by atoms with Gasteiger partial charge < -0.3 is 5.11 Å². The number of hydrogen-bond acceptors (Lipinski definition) is 4. The molecule has 0 bridgehead atoms. The van der Waals surface area contributed by atoms with Crippen LogP contribution in [0.2, 0.25) is 0 Å². The fraction of sp³-hybridized carbons (Fsp3) is 0.400. The molecule has 1 aliphatic rings. The molecule has 1 fully saturated rings. The summed E-state index contributed by atoms with van der Waals surface area (Å²) < 4.78 is 0. The Kier molecular flexibility index (Phi) is 2.66. The number of aliphatic hydroxyl groups excluding tert-OH is 1. The quantitative estimate of drug-likeness (QED) is 0.588. The lowest BCUT2D eigenvalue weighted by atomic mass is 10.1. The average molecular weight is 208 g/mol. The Hall–Kier alpha value is -1.46. The molecule has 0 radical (unpaired) electrons. The SMILES string of the molecule is O=[N+]([O-])c1ccc(CN2CC(O)C2)cc1. The van der Waals surface area contributed by atoms with Crippen LogP contribution in [0.25, 0.3) is 0 Å². The smallest absolute Gasteiger partial charge is 0.269 e. The van der Waals surface area contributed by atoms with Crippen molar-refractivity contribution in [2.45, 2.75) is 12.6 Å². The Morgan fingerprint density at radius 1 is 1.40 bits per heavy atom. The van der Waals surface area contributed by atoms with Gasteiger partial charge in [-0.15, -0.1) is 0 Å². The van der Waals surface area contributed by atoms with Crippen LogP contribution in [0.3, 0.4) is 0 Å². The highest BCUT2D eigenvalue weighted by Crippen LogP contribution is 2.16. The zero-order valence-electron chi connectivity index (χ0n) is 8.17. The van der Waals surface area contributed by atoms with E-state index in [0.29, 0.717) is 13.1 Å². The Morgan fingerprint density at radius 3 is 2.47 bits per heavy atom. The van der Waals surface area contributed by atoms with Crippen molar-refractivity contribution in [3.05, 3.63) is 39.9 Å². The number of nitro benzene ring substituents is 1. The Bertz CT molecular complexity index is 357. The third kappa shape index (κ3) is 2.31. The van der Waals surface area contributed by atoms with Gasteiger partial charge in [-0.1, -0.05) is 12.1 Å². The Labute approximate surface area is 87.1 Å². The van der Waals surface area contributed by atoms with Crippen LogP contribution >= 0.6 is 0 Å². The molecule has 1 saturated heterocycles. The minimum atomic E-state index is -0.406. The van der Waals surface area contributed by atoms with Crippen LogP contribution in [0, 0.1) is 10.1 Å². The van der Waals surface area contributed by atoms with Crippen molar-refractivity contribution in [2.75, 3.05) is 13.1 Å². The van der Waals surface area contributed by atoms with Gasteiger partial charge in [0.2, 0.25) is 0 Å². The normalized spacial score (nSPS) is 17.4. The maximum Gasteiger partial charge on any atom is 0.269 e. The van der Waals surface area contributed by atoms with Gasteiger partial charge in [0.05, 0.1) is 11.0 Å². The highest BCUT2D eigenvalue weighted by atomic mass is 16.6. The number of hydrogen-bond donors (Lipinski definition) is 1. The number of nitro groups is 1. The van der Waals surface area contributed by atoms with Gasteiger partial charge in [-0.25, -0.2) is 0 Å². The van der Waals surface area contributed by atoms with Gasteiger partial charge in [0.25, 0.3) is 5.69 Å². The number of benzene rings is 1. The predicted molar refractivity (Wildman–Crippen MR) is 54.4 cm³/mol. The van der Waals surface area contributed by atoms with Crippen molar-refractivity contribution in [2.24, 2.45) is 0 Å². The standard InChI is InChI=1S/C10H12N2O3/c13-10-6-11(7-10)5-8-1-3-9(4-2-8)12(14)15/h1-4,10,13H,5-7H2. The second-order valence-corrected chi connectivity index (χ2v) is 3.77. The number of likely N-dealkylation sites (tertiary alicyclic amines) is 1. The molecule has 1 aromatic carbocycles. The summed E-state index contributed by atoms with van der Waals surface area (Å²) >= 11 is 0. The van der Waals surface area contributed by atoms with E-state index < -0.39 is 4.92 Å². The van der Waals surface area contributed by atoms with Crippen LogP contribution in [-0.2, 0) is 6.54 Å². The van der Waals surface area contributed by atoms with Crippen molar-refractivity contribution in [3.8, 4) is 0 Å². The lowest BCUT2D eigenvalue weighted by Crippen LogP contribution is -2.49. The lowest BCUT2D eigenvalue weighted by molar-refractivity contribution is -0.384. The maximum absolute atomic E-state index is 10.4. The molecule has 15 heavy (non-hydrogen) atoms. The molecule has 0 atom stereocenters. The first-order valence-electron chi connectivity index (χ1n) is 4.79. The average Bonchev–Trinajstić information content (AvgIpc) is 2.16. The molecule has 5 nitrogen and oxygen atoms in total. The van der Waals surface area contributed by atoms with E-state index in [0.717, 1.165) is 12.1 Å². The molecule has 0 unspecified atom stereocenters. The maximum atomic E-state index is 10.4. The summed E-state index contributed by atoms with van der Waals surface area (Å²) in [4.78, 5) is 12.1. The molecule has 0 aromatic heterocycles. The summed E-state index contributed by atoms with van der Waals surface area (Å²) in [7, 11) is 0. The van der Waals surface area contributed by atoms with E-state index in [1.807, 2.05) is 0 Å². The van der Waals surface area contributed by atoms with E-state index in [2.05, 4.69) is 4.90 Å². The molecule has 0 aliphatic carbocycles. The summed E-state index contributed by atoms with van der Waals surface area (Å²) in [6.45, 7) is 2.13. The van der Waals surface area contributed by atoms with Crippen molar-refractivity contribution in [1.29, 1.82) is 0 Å². The van der Waals surface area contributed by atoms with Crippen LogP contribution in [0.1, 0.15) is 5.56 Å². The second kappa shape index (κ2) is 3.96. The molecular weight excluding hydrogens is 196 g/mol. The van der Waals surface area contributed by atoms with Gasteiger partial charge >= 0.3 is 0 Å². The second-order valence-electron chi connectivity index (χ2n) is 3.77. The molecule has 0 spiro atoms. The molecule has 2 rings (SSSR count). The number of non-ortho nitro benzene ring substituents is 1. The van der Waals surface area contributed by atoms with Crippen molar-refractivity contribution < 1.29 is 10.0 Å². The molecule has 5 heteroatoms. The molecule has 1 heterocycles. The van der Waals surface area contributed by atoms with Crippen LogP contribution < -0.4 is 0 Å². The molecular formula is C10H12N2O3. The Morgan fingerprint density at radius 2 is 2.00 bits per heavy atom. The van der Waals surface area contributed by atoms with Crippen LogP contribution in [0.4, 0.5) is 5.69 Å². The summed E-state index contributed by atoms with van der Waals surface area (Å²) in [5.74, 6) is 0. The van der Waals surface area contributed by atoms with E-state index in [9.17, 15) is 10.1 Å². The van der Waals surface area contributed by atoms with E-state index >= 15 is 0 Å². The number of nitrogens with zero attached hydrogens (tertiary/aromatic N) is 2. The van der Waals surface area contributed by atoms with Crippen LogP contribution in [-0.4, -0.2) is 34.1 Å². The predicted octanol–water partition coefficient (Wildman–Crippen LogP) is 0.771. The van der Waals surface area contributed by atoms with Gasteiger partial charge in [-0.3, -0.25) is 15.0 Å². The minimum Gasteiger partial charge on any atom is -0.390 e. The van der Waals surface area contributed by atoms with E-state index in [-0.39, 0.29) is 11.8 Å². The summed E-state index contributed by atoms with van der Waals surface area (Å²) in [6, 6.07) is 6.52. The molecule has 1 N–H and O–H groups in total. The fourth-order valence-electron chi connectivity index (χ4n) is 1.65. The van der Waals surface area contributed by atoms with Gasteiger partial charge in [0, 0.05) is 31.8 Å². The number of aliphatic hydroxyl groups is 1. The molecule has 0 amide bonds. The van der Waals surface area contributed by atoms with Gasteiger partial charge in [-0.2, -0.15) is 0 Å². The summed E-state index contributed by atoms with van der Waals surface area (Å²) in [5, 5.41) is 19.5. The summed E-state index contributed by atoms with van der Waals surface area (Å²) in [5.41, 5.74) is 1.15. The van der Waals surface area contributed by atoms with E-state index in [1.165, 1.54) is 12.1 Å². The zero-order valence-corrected chi connectivity index (χ0v) is 8.17. The third-order valence-corrected chi connectivity index (χ3v) is 2.49.